The van der Waals surface area contributed by atoms with Gasteiger partial charge in [0.15, 0.2) is 0 Å². The van der Waals surface area contributed by atoms with Crippen molar-refractivity contribution in [3.8, 4) is 0 Å². The summed E-state index contributed by atoms with van der Waals surface area (Å²) in [6, 6.07) is 6.95. The Kier molecular flexibility index (Phi) is 4.85. The zero-order chi connectivity index (χ0) is 16.9. The zero-order valence-corrected chi connectivity index (χ0v) is 13.0. The van der Waals surface area contributed by atoms with Gasteiger partial charge in [-0.15, -0.1) is 0 Å². The van der Waals surface area contributed by atoms with Gasteiger partial charge in [-0.3, -0.25) is 14.4 Å². The molecule has 1 aromatic carbocycles. The number of amides is 2. The SMILES string of the molecule is O=C(NCc1n[nH]c(=O)c2ccccc12)C(=O)NC[C@H]1CCCO1. The molecule has 8 heteroatoms. The number of benzene rings is 1. The Morgan fingerprint density at radius 1 is 1.21 bits per heavy atom. The fraction of sp³-hybridized carbons (Fsp3) is 0.375. The van der Waals surface area contributed by atoms with Crippen LogP contribution < -0.4 is 16.2 Å². The Bertz CT molecular complexity index is 811. The lowest BCUT2D eigenvalue weighted by Gasteiger charge is -2.11. The van der Waals surface area contributed by atoms with Crippen molar-refractivity contribution in [2.45, 2.75) is 25.5 Å². The first-order valence-electron chi connectivity index (χ1n) is 7.79. The molecule has 0 saturated carbocycles. The Labute approximate surface area is 137 Å². The molecule has 0 aliphatic carbocycles. The highest BCUT2D eigenvalue weighted by atomic mass is 16.5. The predicted molar refractivity (Wildman–Crippen MR) is 86.2 cm³/mol. The lowest BCUT2D eigenvalue weighted by molar-refractivity contribution is -0.139. The molecule has 1 saturated heterocycles. The number of fused-ring (bicyclic) bond motifs is 1. The minimum Gasteiger partial charge on any atom is -0.376 e. The first-order chi connectivity index (χ1) is 11.6. The Morgan fingerprint density at radius 2 is 1.96 bits per heavy atom. The van der Waals surface area contributed by atoms with Gasteiger partial charge in [-0.1, -0.05) is 18.2 Å². The van der Waals surface area contributed by atoms with E-state index in [-0.39, 0.29) is 18.2 Å². The lowest BCUT2D eigenvalue weighted by Crippen LogP contribution is -2.42. The smallest absolute Gasteiger partial charge is 0.309 e. The van der Waals surface area contributed by atoms with E-state index in [0.717, 1.165) is 12.8 Å². The van der Waals surface area contributed by atoms with Gasteiger partial charge in [-0.2, -0.15) is 5.10 Å². The van der Waals surface area contributed by atoms with Crippen LogP contribution in [0.4, 0.5) is 0 Å². The molecule has 0 unspecified atom stereocenters. The first-order valence-corrected chi connectivity index (χ1v) is 7.79. The van der Waals surface area contributed by atoms with Gasteiger partial charge in [0, 0.05) is 18.5 Å². The number of nitrogens with one attached hydrogen (secondary N) is 3. The van der Waals surface area contributed by atoms with Crippen LogP contribution in [0.25, 0.3) is 10.8 Å². The van der Waals surface area contributed by atoms with Crippen LogP contribution in [0.15, 0.2) is 29.1 Å². The van der Waals surface area contributed by atoms with E-state index >= 15 is 0 Å². The van der Waals surface area contributed by atoms with Crippen molar-refractivity contribution in [3.63, 3.8) is 0 Å². The molecule has 1 atom stereocenters. The van der Waals surface area contributed by atoms with Crippen LogP contribution in [0.1, 0.15) is 18.5 Å². The molecule has 1 fully saturated rings. The maximum Gasteiger partial charge on any atom is 0.309 e. The van der Waals surface area contributed by atoms with Gasteiger partial charge in [-0.05, 0) is 18.9 Å². The second-order valence-corrected chi connectivity index (χ2v) is 5.57. The summed E-state index contributed by atoms with van der Waals surface area (Å²) in [7, 11) is 0. The summed E-state index contributed by atoms with van der Waals surface area (Å²) in [6.45, 7) is 1.06. The molecular formula is C16H18N4O4. The monoisotopic (exact) mass is 330 g/mol. The summed E-state index contributed by atoms with van der Waals surface area (Å²) in [5, 5.41) is 12.5. The van der Waals surface area contributed by atoms with Crippen LogP contribution in [0.5, 0.6) is 0 Å². The number of aromatic amines is 1. The molecule has 0 spiro atoms. The van der Waals surface area contributed by atoms with E-state index < -0.39 is 11.8 Å². The third-order valence-corrected chi connectivity index (χ3v) is 3.91. The number of aromatic nitrogens is 2. The molecule has 0 radical (unpaired) electrons. The average Bonchev–Trinajstić information content (AvgIpc) is 3.12. The molecule has 8 nitrogen and oxygen atoms in total. The van der Waals surface area contributed by atoms with Gasteiger partial charge < -0.3 is 15.4 Å². The highest BCUT2D eigenvalue weighted by Crippen LogP contribution is 2.12. The van der Waals surface area contributed by atoms with Crippen LogP contribution in [-0.2, 0) is 20.9 Å². The Hall–Kier alpha value is -2.74. The number of rotatable bonds is 4. The normalized spacial score (nSPS) is 16.9. The standard InChI is InChI=1S/C16H18N4O4/c21-14-12-6-2-1-5-11(12)13(19-20-14)9-18-16(23)15(22)17-8-10-4-3-7-24-10/h1-2,5-6,10H,3-4,7-9H2,(H,17,22)(H,18,23)(H,20,21)/t10-/m1/s1. The van der Waals surface area contributed by atoms with Crippen molar-refractivity contribution < 1.29 is 14.3 Å². The first kappa shape index (κ1) is 16.1. The molecule has 1 aliphatic rings. The summed E-state index contributed by atoms with van der Waals surface area (Å²) in [6.07, 6.45) is 1.83. The summed E-state index contributed by atoms with van der Waals surface area (Å²) >= 11 is 0. The minimum absolute atomic E-state index is 0.0217. The van der Waals surface area contributed by atoms with E-state index in [1.807, 2.05) is 0 Å². The minimum atomic E-state index is -0.745. The van der Waals surface area contributed by atoms with Crippen molar-refractivity contribution in [1.82, 2.24) is 20.8 Å². The Morgan fingerprint density at radius 3 is 2.71 bits per heavy atom. The number of hydrogen-bond donors (Lipinski definition) is 3. The number of nitrogens with zero attached hydrogens (tertiary/aromatic N) is 1. The number of ether oxygens (including phenoxy) is 1. The highest BCUT2D eigenvalue weighted by molar-refractivity contribution is 6.35. The van der Waals surface area contributed by atoms with E-state index in [1.165, 1.54) is 0 Å². The number of H-pyrrole nitrogens is 1. The summed E-state index contributed by atoms with van der Waals surface area (Å²) < 4.78 is 5.38. The van der Waals surface area contributed by atoms with Gasteiger partial charge in [0.25, 0.3) is 5.56 Å². The molecule has 24 heavy (non-hydrogen) atoms. The van der Waals surface area contributed by atoms with Crippen LogP contribution >= 0.6 is 0 Å². The summed E-state index contributed by atoms with van der Waals surface area (Å²) in [5.41, 5.74) is 0.195. The molecule has 3 rings (SSSR count). The van der Waals surface area contributed by atoms with E-state index in [1.54, 1.807) is 24.3 Å². The van der Waals surface area contributed by atoms with Crippen molar-refractivity contribution in [3.05, 3.63) is 40.3 Å². The summed E-state index contributed by atoms with van der Waals surface area (Å²) in [5.74, 6) is -1.45. The molecule has 0 bridgehead atoms. The maximum atomic E-state index is 11.9. The largest absolute Gasteiger partial charge is 0.376 e. The van der Waals surface area contributed by atoms with E-state index in [2.05, 4.69) is 20.8 Å². The number of hydrogen-bond acceptors (Lipinski definition) is 5. The zero-order valence-electron chi connectivity index (χ0n) is 13.0. The van der Waals surface area contributed by atoms with Crippen LogP contribution in [0, 0.1) is 0 Å². The van der Waals surface area contributed by atoms with Gasteiger partial charge in [0.1, 0.15) is 0 Å². The lowest BCUT2D eigenvalue weighted by atomic mass is 10.1. The third kappa shape index (κ3) is 3.60. The fourth-order valence-electron chi connectivity index (χ4n) is 2.64. The molecule has 2 heterocycles. The van der Waals surface area contributed by atoms with E-state index in [0.29, 0.717) is 29.6 Å². The van der Waals surface area contributed by atoms with E-state index in [9.17, 15) is 14.4 Å². The van der Waals surface area contributed by atoms with Gasteiger partial charge in [0.2, 0.25) is 0 Å². The van der Waals surface area contributed by atoms with Gasteiger partial charge in [0.05, 0.1) is 23.7 Å². The van der Waals surface area contributed by atoms with Crippen molar-refractivity contribution in [1.29, 1.82) is 0 Å². The van der Waals surface area contributed by atoms with Gasteiger partial charge in [-0.25, -0.2) is 5.10 Å². The molecule has 2 aromatic rings. The quantitative estimate of drug-likeness (QED) is 0.674. The fourth-order valence-corrected chi connectivity index (χ4v) is 2.64. The molecule has 126 valence electrons. The number of carbonyl (C=O) groups excluding carboxylic acids is 2. The maximum absolute atomic E-state index is 11.9. The summed E-state index contributed by atoms with van der Waals surface area (Å²) in [4.78, 5) is 35.3. The number of carbonyl (C=O) groups is 2. The van der Waals surface area contributed by atoms with Gasteiger partial charge >= 0.3 is 11.8 Å². The highest BCUT2D eigenvalue weighted by Gasteiger charge is 2.19. The molecular weight excluding hydrogens is 312 g/mol. The predicted octanol–water partition coefficient (Wildman–Crippen LogP) is -0.166. The third-order valence-electron chi connectivity index (χ3n) is 3.91. The van der Waals surface area contributed by atoms with Crippen molar-refractivity contribution in [2.75, 3.05) is 13.2 Å². The second kappa shape index (κ2) is 7.22. The molecule has 1 aromatic heterocycles. The molecule has 2 amide bonds. The van der Waals surface area contributed by atoms with Crippen molar-refractivity contribution in [2.24, 2.45) is 0 Å². The molecule has 1 aliphatic heterocycles. The van der Waals surface area contributed by atoms with Crippen LogP contribution in [0.3, 0.4) is 0 Å². The Balaban J connectivity index is 1.59. The molecule has 3 N–H and O–H groups in total. The van der Waals surface area contributed by atoms with Crippen LogP contribution in [0.2, 0.25) is 0 Å². The van der Waals surface area contributed by atoms with Crippen molar-refractivity contribution >= 4 is 22.6 Å². The van der Waals surface area contributed by atoms with E-state index in [4.69, 9.17) is 4.74 Å². The average molecular weight is 330 g/mol. The topological polar surface area (TPSA) is 113 Å². The second-order valence-electron chi connectivity index (χ2n) is 5.57. The van der Waals surface area contributed by atoms with Crippen LogP contribution in [-0.4, -0.2) is 41.3 Å².